The number of aliphatic carboxylic acids is 1. The van der Waals surface area contributed by atoms with Crippen LogP contribution < -0.4 is 0 Å². The summed E-state index contributed by atoms with van der Waals surface area (Å²) in [5.41, 5.74) is 0. The molecule has 0 aliphatic heterocycles. The molecule has 0 heterocycles. The SMILES string of the molecule is CC/C=C/C/C=C/C/C=C\C/C=C\C/C=C/CCCC(=O)O. The summed E-state index contributed by atoms with van der Waals surface area (Å²) in [5, 5.41) is 8.49. The van der Waals surface area contributed by atoms with Gasteiger partial charge in [0.15, 0.2) is 0 Å². The normalized spacial score (nSPS) is 12.8. The molecule has 0 rings (SSSR count). The third-order valence-corrected chi connectivity index (χ3v) is 2.92. The summed E-state index contributed by atoms with van der Waals surface area (Å²) in [7, 11) is 0. The third kappa shape index (κ3) is 18.2. The highest BCUT2D eigenvalue weighted by Crippen LogP contribution is 1.99. The maximum absolute atomic E-state index is 10.3. The van der Waals surface area contributed by atoms with Gasteiger partial charge in [-0.3, -0.25) is 4.79 Å². The number of carbonyl (C=O) groups is 1. The summed E-state index contributed by atoms with van der Waals surface area (Å²) < 4.78 is 0. The van der Waals surface area contributed by atoms with E-state index in [0.717, 1.165) is 44.9 Å². The first kappa shape index (κ1) is 20.2. The molecule has 2 heteroatoms. The lowest BCUT2D eigenvalue weighted by Crippen LogP contribution is -1.92. The molecule has 0 fully saturated rings. The summed E-state index contributed by atoms with van der Waals surface area (Å²) in [6.07, 6.45) is 28.4. The Kier molecular flexibility index (Phi) is 15.8. The molecule has 122 valence electrons. The fourth-order valence-corrected chi connectivity index (χ4v) is 1.74. The Morgan fingerprint density at radius 1 is 0.727 bits per heavy atom. The van der Waals surface area contributed by atoms with Crippen molar-refractivity contribution in [1.82, 2.24) is 0 Å². The Labute approximate surface area is 135 Å². The molecule has 0 aliphatic carbocycles. The zero-order valence-corrected chi connectivity index (χ0v) is 13.8. The smallest absolute Gasteiger partial charge is 0.303 e. The number of carboxylic acids is 1. The van der Waals surface area contributed by atoms with Gasteiger partial charge in [0.25, 0.3) is 0 Å². The van der Waals surface area contributed by atoms with E-state index in [2.05, 4.69) is 67.7 Å². The van der Waals surface area contributed by atoms with Crippen molar-refractivity contribution in [2.75, 3.05) is 0 Å². The first-order valence-corrected chi connectivity index (χ1v) is 8.24. The molecule has 1 N–H and O–H groups in total. The zero-order chi connectivity index (χ0) is 16.3. The van der Waals surface area contributed by atoms with Crippen molar-refractivity contribution in [2.45, 2.75) is 58.3 Å². The number of unbranched alkanes of at least 4 members (excludes halogenated alkanes) is 1. The zero-order valence-electron chi connectivity index (χ0n) is 13.8. The van der Waals surface area contributed by atoms with Gasteiger partial charge in [-0.05, 0) is 44.9 Å². The van der Waals surface area contributed by atoms with Gasteiger partial charge in [-0.25, -0.2) is 0 Å². The quantitative estimate of drug-likeness (QED) is 0.335. The maximum Gasteiger partial charge on any atom is 0.303 e. The summed E-state index contributed by atoms with van der Waals surface area (Å²) >= 11 is 0. The fourth-order valence-electron chi connectivity index (χ4n) is 1.74. The highest BCUT2D eigenvalue weighted by Gasteiger charge is 1.92. The Morgan fingerprint density at radius 3 is 1.55 bits per heavy atom. The standard InChI is InChI=1S/C20H30O2/c1-2-3-4-5-6-7-8-9-10-11-12-13-14-15-16-17-18-19-20(21)22/h3-4,6-7,9-10,12-13,15-16H,2,5,8,11,14,17-19H2,1H3,(H,21,22)/b4-3+,7-6+,10-9-,13-12-,16-15+. The van der Waals surface area contributed by atoms with E-state index in [1.165, 1.54) is 0 Å². The van der Waals surface area contributed by atoms with Crippen LogP contribution in [0.25, 0.3) is 0 Å². The molecular weight excluding hydrogens is 272 g/mol. The van der Waals surface area contributed by atoms with E-state index in [1.807, 2.05) is 0 Å². The van der Waals surface area contributed by atoms with Crippen LogP contribution in [-0.2, 0) is 4.79 Å². The van der Waals surface area contributed by atoms with Crippen LogP contribution in [-0.4, -0.2) is 11.1 Å². The summed E-state index contributed by atoms with van der Waals surface area (Å²) in [5.74, 6) is -0.715. The molecule has 0 unspecified atom stereocenters. The third-order valence-electron chi connectivity index (χ3n) is 2.92. The molecule has 0 aromatic rings. The van der Waals surface area contributed by atoms with Gasteiger partial charge in [0.2, 0.25) is 0 Å². The van der Waals surface area contributed by atoms with Crippen molar-refractivity contribution in [3.63, 3.8) is 0 Å². The number of hydrogen-bond donors (Lipinski definition) is 1. The van der Waals surface area contributed by atoms with Crippen LogP contribution in [0.15, 0.2) is 60.8 Å². The topological polar surface area (TPSA) is 37.3 Å². The van der Waals surface area contributed by atoms with Gasteiger partial charge in [0, 0.05) is 6.42 Å². The molecule has 0 amide bonds. The lowest BCUT2D eigenvalue weighted by molar-refractivity contribution is -0.137. The van der Waals surface area contributed by atoms with Crippen molar-refractivity contribution in [2.24, 2.45) is 0 Å². The molecule has 0 saturated heterocycles. The van der Waals surface area contributed by atoms with Crippen molar-refractivity contribution >= 4 is 5.97 Å². The second-order valence-electron chi connectivity index (χ2n) is 4.99. The van der Waals surface area contributed by atoms with E-state index in [4.69, 9.17) is 5.11 Å². The van der Waals surface area contributed by atoms with E-state index in [9.17, 15) is 4.79 Å². The van der Waals surface area contributed by atoms with Crippen LogP contribution in [0, 0.1) is 0 Å². The monoisotopic (exact) mass is 302 g/mol. The van der Waals surface area contributed by atoms with E-state index >= 15 is 0 Å². The lowest BCUT2D eigenvalue weighted by Gasteiger charge is -1.89. The van der Waals surface area contributed by atoms with E-state index < -0.39 is 5.97 Å². The highest BCUT2D eigenvalue weighted by atomic mass is 16.4. The first-order chi connectivity index (χ1) is 10.8. The first-order valence-electron chi connectivity index (χ1n) is 8.24. The lowest BCUT2D eigenvalue weighted by atomic mass is 10.2. The van der Waals surface area contributed by atoms with Crippen molar-refractivity contribution in [3.8, 4) is 0 Å². The predicted molar refractivity (Wildman–Crippen MR) is 95.9 cm³/mol. The minimum atomic E-state index is -0.715. The van der Waals surface area contributed by atoms with Gasteiger partial charge in [0.05, 0.1) is 0 Å². The van der Waals surface area contributed by atoms with Gasteiger partial charge in [-0.2, -0.15) is 0 Å². The number of rotatable bonds is 13. The van der Waals surface area contributed by atoms with Crippen LogP contribution in [0.3, 0.4) is 0 Å². The molecule has 0 atom stereocenters. The second kappa shape index (κ2) is 17.2. The van der Waals surface area contributed by atoms with Crippen LogP contribution in [0.1, 0.15) is 58.3 Å². The van der Waals surface area contributed by atoms with Crippen LogP contribution in [0.2, 0.25) is 0 Å². The largest absolute Gasteiger partial charge is 0.481 e. The number of hydrogen-bond acceptors (Lipinski definition) is 1. The Balaban J connectivity index is 3.46. The number of allylic oxidation sites excluding steroid dienone is 10. The molecule has 0 radical (unpaired) electrons. The van der Waals surface area contributed by atoms with Crippen molar-refractivity contribution in [1.29, 1.82) is 0 Å². The van der Waals surface area contributed by atoms with Gasteiger partial charge in [0.1, 0.15) is 0 Å². The van der Waals surface area contributed by atoms with Crippen LogP contribution in [0.5, 0.6) is 0 Å². The molecule has 0 bridgehead atoms. The second-order valence-corrected chi connectivity index (χ2v) is 4.99. The van der Waals surface area contributed by atoms with Crippen LogP contribution >= 0.6 is 0 Å². The molecule has 0 saturated carbocycles. The van der Waals surface area contributed by atoms with Gasteiger partial charge < -0.3 is 5.11 Å². The van der Waals surface area contributed by atoms with Crippen molar-refractivity contribution < 1.29 is 9.90 Å². The Bertz CT molecular complexity index is 398. The number of carboxylic acid groups (broad SMARTS) is 1. The average Bonchev–Trinajstić information content (AvgIpc) is 2.50. The Hall–Kier alpha value is -1.83. The maximum atomic E-state index is 10.3. The molecule has 0 aliphatic rings. The van der Waals surface area contributed by atoms with E-state index in [-0.39, 0.29) is 6.42 Å². The molecule has 0 aromatic carbocycles. The minimum Gasteiger partial charge on any atom is -0.481 e. The van der Waals surface area contributed by atoms with Gasteiger partial charge in [-0.15, -0.1) is 0 Å². The van der Waals surface area contributed by atoms with E-state index in [0.29, 0.717) is 0 Å². The average molecular weight is 302 g/mol. The molecule has 0 spiro atoms. The fraction of sp³-hybridized carbons (Fsp3) is 0.450. The highest BCUT2D eigenvalue weighted by molar-refractivity contribution is 5.66. The van der Waals surface area contributed by atoms with Crippen LogP contribution in [0.4, 0.5) is 0 Å². The molecule has 0 aromatic heterocycles. The van der Waals surface area contributed by atoms with E-state index in [1.54, 1.807) is 0 Å². The van der Waals surface area contributed by atoms with Crippen molar-refractivity contribution in [3.05, 3.63) is 60.8 Å². The molecule has 22 heavy (non-hydrogen) atoms. The minimum absolute atomic E-state index is 0.258. The van der Waals surface area contributed by atoms with Gasteiger partial charge >= 0.3 is 5.97 Å². The predicted octanol–water partition coefficient (Wildman–Crippen LogP) is 5.99. The van der Waals surface area contributed by atoms with Gasteiger partial charge in [-0.1, -0.05) is 67.7 Å². The summed E-state index contributed by atoms with van der Waals surface area (Å²) in [4.78, 5) is 10.3. The summed E-state index contributed by atoms with van der Waals surface area (Å²) in [6, 6.07) is 0. The summed E-state index contributed by atoms with van der Waals surface area (Å²) in [6.45, 7) is 2.14. The molecule has 2 nitrogen and oxygen atoms in total. The Morgan fingerprint density at radius 2 is 1.14 bits per heavy atom. The molecular formula is C20H30O2.